The molecular weight excluding hydrogens is 427 g/mol. The minimum atomic E-state index is -1.03. The van der Waals surface area contributed by atoms with Crippen LogP contribution in [0.1, 0.15) is 27.6 Å². The highest BCUT2D eigenvalue weighted by atomic mass is 35.5. The van der Waals surface area contributed by atoms with E-state index in [0.29, 0.717) is 23.2 Å². The van der Waals surface area contributed by atoms with Crippen LogP contribution < -0.4 is 10.1 Å². The number of hydrogen-bond donors (Lipinski definition) is 3. The lowest BCUT2D eigenvalue weighted by Crippen LogP contribution is -2.23. The molecule has 0 aliphatic heterocycles. The number of nitrogens with zero attached hydrogens (tertiary/aromatic N) is 1. The third-order valence-corrected chi connectivity index (χ3v) is 4.53. The monoisotopic (exact) mass is 448 g/mol. The highest BCUT2D eigenvalue weighted by Gasteiger charge is 2.07. The van der Waals surface area contributed by atoms with E-state index in [9.17, 15) is 9.90 Å². The third kappa shape index (κ3) is 7.00. The summed E-state index contributed by atoms with van der Waals surface area (Å²) in [6, 6.07) is 17.8. The van der Waals surface area contributed by atoms with E-state index >= 15 is 0 Å². The third-order valence-electron chi connectivity index (χ3n) is 4.29. The van der Waals surface area contributed by atoms with Gasteiger partial charge in [0.15, 0.2) is 0 Å². The fourth-order valence-electron chi connectivity index (χ4n) is 2.72. The van der Waals surface area contributed by atoms with Crippen LogP contribution in [-0.4, -0.2) is 34.3 Å². The molecule has 8 heteroatoms. The summed E-state index contributed by atoms with van der Waals surface area (Å²) in [5.41, 5.74) is 2.02. The lowest BCUT2D eigenvalue weighted by atomic mass is 10.1. The summed E-state index contributed by atoms with van der Waals surface area (Å²) < 4.78 is 5.62. The zero-order chi connectivity index (χ0) is 20.6. The van der Waals surface area contributed by atoms with Gasteiger partial charge in [-0.1, -0.05) is 35.9 Å². The lowest BCUT2D eigenvalue weighted by Gasteiger charge is -2.12. The SMILES string of the molecule is Cl.O=C(O)c1ccc(Oc2ccc(CCNC[C@H](O)c3cccc(Cl)c3)cc2)nc1. The maximum Gasteiger partial charge on any atom is 0.337 e. The topological polar surface area (TPSA) is 91.7 Å². The summed E-state index contributed by atoms with van der Waals surface area (Å²) in [5.74, 6) is -0.0739. The van der Waals surface area contributed by atoms with Crippen molar-refractivity contribution in [2.24, 2.45) is 0 Å². The standard InChI is InChI=1S/C22H21ClN2O4.ClH/c23-18-3-1-2-16(12-18)20(26)14-24-11-10-15-4-7-19(8-5-15)29-21-9-6-17(13-25-21)22(27)28;/h1-9,12-13,20,24,26H,10-11,14H2,(H,27,28);1H/t20-;/m0./s1. The summed E-state index contributed by atoms with van der Waals surface area (Å²) >= 11 is 5.94. The number of carbonyl (C=O) groups is 1. The predicted octanol–water partition coefficient (Wildman–Crippen LogP) is 4.51. The zero-order valence-corrected chi connectivity index (χ0v) is 17.6. The maximum absolute atomic E-state index is 10.8. The summed E-state index contributed by atoms with van der Waals surface area (Å²) in [6.07, 6.45) is 1.45. The number of carboxylic acid groups (broad SMARTS) is 1. The van der Waals surface area contributed by atoms with Gasteiger partial charge in [-0.25, -0.2) is 9.78 Å². The second kappa shape index (κ2) is 11.5. The summed E-state index contributed by atoms with van der Waals surface area (Å²) in [6.45, 7) is 1.16. The molecule has 30 heavy (non-hydrogen) atoms. The second-order valence-electron chi connectivity index (χ2n) is 6.46. The average molecular weight is 449 g/mol. The number of aliphatic hydroxyl groups excluding tert-OH is 1. The lowest BCUT2D eigenvalue weighted by molar-refractivity contribution is 0.0696. The number of aliphatic hydroxyl groups is 1. The Labute approximate surface area is 185 Å². The predicted molar refractivity (Wildman–Crippen MR) is 118 cm³/mol. The van der Waals surface area contributed by atoms with Gasteiger partial charge in [0.1, 0.15) is 5.75 Å². The van der Waals surface area contributed by atoms with Gasteiger partial charge >= 0.3 is 5.97 Å². The van der Waals surface area contributed by atoms with E-state index in [1.165, 1.54) is 18.3 Å². The molecule has 0 aliphatic rings. The number of carboxylic acids is 1. The molecule has 0 bridgehead atoms. The average Bonchev–Trinajstić information content (AvgIpc) is 2.72. The maximum atomic E-state index is 10.8. The van der Waals surface area contributed by atoms with Crippen molar-refractivity contribution in [3.63, 3.8) is 0 Å². The van der Waals surface area contributed by atoms with Crippen molar-refractivity contribution in [1.82, 2.24) is 10.3 Å². The Hall–Kier alpha value is -2.64. The Bertz CT molecular complexity index is 950. The summed E-state index contributed by atoms with van der Waals surface area (Å²) in [5, 5.41) is 22.9. The fraction of sp³-hybridized carbons (Fsp3) is 0.182. The molecule has 0 saturated carbocycles. The van der Waals surface area contributed by atoms with Crippen molar-refractivity contribution < 1.29 is 19.7 Å². The van der Waals surface area contributed by atoms with Crippen LogP contribution in [0.25, 0.3) is 0 Å². The minimum Gasteiger partial charge on any atom is -0.478 e. The van der Waals surface area contributed by atoms with E-state index in [2.05, 4.69) is 10.3 Å². The Morgan fingerprint density at radius 3 is 2.53 bits per heavy atom. The van der Waals surface area contributed by atoms with Gasteiger partial charge in [0.2, 0.25) is 5.88 Å². The Kier molecular flexibility index (Phi) is 9.08. The molecule has 3 aromatic rings. The van der Waals surface area contributed by atoms with Crippen molar-refractivity contribution in [3.8, 4) is 11.6 Å². The molecule has 0 fully saturated rings. The Morgan fingerprint density at radius 2 is 1.90 bits per heavy atom. The number of nitrogens with one attached hydrogen (secondary N) is 1. The van der Waals surface area contributed by atoms with Crippen molar-refractivity contribution in [2.45, 2.75) is 12.5 Å². The van der Waals surface area contributed by atoms with Gasteiger partial charge in [-0.05, 0) is 54.4 Å². The number of pyridine rings is 1. The van der Waals surface area contributed by atoms with Crippen LogP contribution in [0.4, 0.5) is 0 Å². The molecule has 0 amide bonds. The molecular formula is C22H22Cl2N2O4. The first-order valence-corrected chi connectivity index (χ1v) is 9.49. The smallest absolute Gasteiger partial charge is 0.337 e. The van der Waals surface area contributed by atoms with E-state index in [1.807, 2.05) is 36.4 Å². The van der Waals surface area contributed by atoms with Crippen molar-refractivity contribution in [3.05, 3.63) is 88.6 Å². The van der Waals surface area contributed by atoms with Gasteiger partial charge in [-0.15, -0.1) is 12.4 Å². The van der Waals surface area contributed by atoms with E-state index in [-0.39, 0.29) is 18.0 Å². The second-order valence-corrected chi connectivity index (χ2v) is 6.90. The van der Waals surface area contributed by atoms with Crippen LogP contribution in [0.15, 0.2) is 66.9 Å². The molecule has 0 saturated heterocycles. The molecule has 2 aromatic carbocycles. The van der Waals surface area contributed by atoms with Crippen molar-refractivity contribution >= 4 is 30.0 Å². The molecule has 1 aromatic heterocycles. The fourth-order valence-corrected chi connectivity index (χ4v) is 2.91. The van der Waals surface area contributed by atoms with E-state index in [4.69, 9.17) is 21.4 Å². The number of aromatic nitrogens is 1. The first-order valence-electron chi connectivity index (χ1n) is 9.11. The molecule has 3 N–H and O–H groups in total. The van der Waals surface area contributed by atoms with Crippen molar-refractivity contribution in [1.29, 1.82) is 0 Å². The van der Waals surface area contributed by atoms with Gasteiger partial charge in [-0.2, -0.15) is 0 Å². The van der Waals surface area contributed by atoms with Crippen LogP contribution in [0, 0.1) is 0 Å². The summed E-state index contributed by atoms with van der Waals surface area (Å²) in [4.78, 5) is 14.8. The molecule has 3 rings (SSSR count). The highest BCUT2D eigenvalue weighted by Crippen LogP contribution is 2.20. The van der Waals surface area contributed by atoms with Crippen LogP contribution in [0.3, 0.4) is 0 Å². The van der Waals surface area contributed by atoms with E-state index in [0.717, 1.165) is 24.1 Å². The van der Waals surface area contributed by atoms with E-state index < -0.39 is 12.1 Å². The number of benzene rings is 2. The number of halogens is 2. The van der Waals surface area contributed by atoms with Crippen molar-refractivity contribution in [2.75, 3.05) is 13.1 Å². The van der Waals surface area contributed by atoms with Crippen LogP contribution >= 0.6 is 24.0 Å². The van der Waals surface area contributed by atoms with Crippen LogP contribution in [0.2, 0.25) is 5.02 Å². The number of rotatable bonds is 9. The van der Waals surface area contributed by atoms with E-state index in [1.54, 1.807) is 12.1 Å². The Morgan fingerprint density at radius 1 is 1.13 bits per heavy atom. The molecule has 0 radical (unpaired) electrons. The first-order chi connectivity index (χ1) is 14.0. The number of hydrogen-bond acceptors (Lipinski definition) is 5. The normalized spacial score (nSPS) is 11.4. The molecule has 158 valence electrons. The van der Waals surface area contributed by atoms with Gasteiger partial charge in [-0.3, -0.25) is 0 Å². The quantitative estimate of drug-likeness (QED) is 0.417. The van der Waals surface area contributed by atoms with Crippen LogP contribution in [-0.2, 0) is 6.42 Å². The summed E-state index contributed by atoms with van der Waals surface area (Å²) in [7, 11) is 0. The van der Waals surface area contributed by atoms with Gasteiger partial charge in [0.25, 0.3) is 0 Å². The largest absolute Gasteiger partial charge is 0.478 e. The molecule has 0 unspecified atom stereocenters. The molecule has 0 spiro atoms. The van der Waals surface area contributed by atoms with Gasteiger partial charge in [0.05, 0.1) is 11.7 Å². The molecule has 1 heterocycles. The highest BCUT2D eigenvalue weighted by molar-refractivity contribution is 6.30. The Balaban J connectivity index is 0.00000320. The number of aromatic carboxylic acids is 1. The molecule has 1 atom stereocenters. The minimum absolute atomic E-state index is 0. The van der Waals surface area contributed by atoms with Gasteiger partial charge in [0, 0.05) is 23.8 Å². The first kappa shape index (κ1) is 23.6. The zero-order valence-electron chi connectivity index (χ0n) is 16.0. The van der Waals surface area contributed by atoms with Gasteiger partial charge < -0.3 is 20.3 Å². The molecule has 0 aliphatic carbocycles. The molecule has 6 nitrogen and oxygen atoms in total. The van der Waals surface area contributed by atoms with Crippen LogP contribution in [0.5, 0.6) is 11.6 Å². The number of ether oxygens (including phenoxy) is 1.